The van der Waals surface area contributed by atoms with Crippen molar-refractivity contribution in [3.8, 4) is 0 Å². The number of carbonyl (C=O) groups is 1. The number of para-hydroxylation sites is 1. The third kappa shape index (κ3) is 3.81. The molecule has 0 bridgehead atoms. The van der Waals surface area contributed by atoms with Gasteiger partial charge in [-0.2, -0.15) is 0 Å². The monoisotopic (exact) mass is 323 g/mol. The minimum absolute atomic E-state index is 0.0255. The molecule has 24 heavy (non-hydrogen) atoms. The molecule has 1 amide bonds. The molecule has 0 atom stereocenters. The zero-order valence-corrected chi connectivity index (χ0v) is 13.7. The predicted octanol–water partition coefficient (Wildman–Crippen LogP) is 3.25. The number of methoxy groups -OCH3 is 1. The average molecular weight is 323 g/mol. The normalized spacial score (nSPS) is 10.9. The lowest BCUT2D eigenvalue weighted by Gasteiger charge is -2.03. The van der Waals surface area contributed by atoms with E-state index >= 15 is 0 Å². The molecule has 0 saturated carbocycles. The highest BCUT2D eigenvalue weighted by atomic mass is 16.5. The van der Waals surface area contributed by atoms with Gasteiger partial charge in [0.05, 0.1) is 6.61 Å². The number of aryl methyl sites for hydroxylation is 1. The van der Waals surface area contributed by atoms with Crippen molar-refractivity contribution < 1.29 is 9.53 Å². The van der Waals surface area contributed by atoms with Crippen LogP contribution < -0.4 is 5.32 Å². The summed E-state index contributed by atoms with van der Waals surface area (Å²) in [4.78, 5) is 16.2. The molecule has 3 rings (SSSR count). The molecular formula is C19H21N3O2. The van der Waals surface area contributed by atoms with E-state index < -0.39 is 0 Å². The van der Waals surface area contributed by atoms with Crippen LogP contribution in [0.1, 0.15) is 12.0 Å². The SMILES string of the molecule is COCCn1cc(CCC(=O)Nc2ccccn2)c2ccccc21. The first kappa shape index (κ1) is 16.2. The fourth-order valence-corrected chi connectivity index (χ4v) is 2.79. The highest BCUT2D eigenvalue weighted by molar-refractivity contribution is 5.90. The number of anilines is 1. The standard InChI is InChI=1S/C19H21N3O2/c1-24-13-12-22-14-15(16-6-2-3-7-17(16)22)9-10-19(23)21-18-8-4-5-11-20-18/h2-8,11,14H,9-10,12-13H2,1H3,(H,20,21,23). The molecule has 0 unspecified atom stereocenters. The van der Waals surface area contributed by atoms with Crippen LogP contribution in [-0.2, 0) is 22.5 Å². The van der Waals surface area contributed by atoms with Crippen LogP contribution in [0.25, 0.3) is 10.9 Å². The first-order valence-corrected chi connectivity index (χ1v) is 8.04. The van der Waals surface area contributed by atoms with E-state index in [4.69, 9.17) is 4.74 Å². The number of amides is 1. The lowest BCUT2D eigenvalue weighted by molar-refractivity contribution is -0.116. The molecule has 3 aromatic rings. The van der Waals surface area contributed by atoms with E-state index in [1.165, 1.54) is 16.5 Å². The maximum atomic E-state index is 12.1. The number of pyridine rings is 1. The van der Waals surface area contributed by atoms with Crippen LogP contribution in [0, 0.1) is 0 Å². The van der Waals surface area contributed by atoms with Gasteiger partial charge in [-0.15, -0.1) is 0 Å². The maximum Gasteiger partial charge on any atom is 0.225 e. The Morgan fingerprint density at radius 3 is 2.83 bits per heavy atom. The molecular weight excluding hydrogens is 302 g/mol. The second-order valence-corrected chi connectivity index (χ2v) is 5.62. The maximum absolute atomic E-state index is 12.1. The van der Waals surface area contributed by atoms with Gasteiger partial charge in [0, 0.05) is 43.4 Å². The van der Waals surface area contributed by atoms with E-state index in [1.54, 1.807) is 19.4 Å². The second-order valence-electron chi connectivity index (χ2n) is 5.62. The number of aromatic nitrogens is 2. The first-order chi connectivity index (χ1) is 11.8. The number of nitrogens with zero attached hydrogens (tertiary/aromatic N) is 2. The molecule has 0 saturated heterocycles. The van der Waals surface area contributed by atoms with Gasteiger partial charge in [-0.05, 0) is 30.2 Å². The topological polar surface area (TPSA) is 56.1 Å². The summed E-state index contributed by atoms with van der Waals surface area (Å²) in [5.41, 5.74) is 2.35. The molecule has 0 aliphatic heterocycles. The van der Waals surface area contributed by atoms with E-state index in [9.17, 15) is 4.79 Å². The summed E-state index contributed by atoms with van der Waals surface area (Å²) in [5, 5.41) is 4.02. The third-order valence-corrected chi connectivity index (χ3v) is 3.96. The first-order valence-electron chi connectivity index (χ1n) is 8.04. The quantitative estimate of drug-likeness (QED) is 0.726. The van der Waals surface area contributed by atoms with Crippen molar-refractivity contribution >= 4 is 22.6 Å². The van der Waals surface area contributed by atoms with Gasteiger partial charge in [-0.25, -0.2) is 4.98 Å². The Bertz CT molecular complexity index is 812. The highest BCUT2D eigenvalue weighted by Crippen LogP contribution is 2.22. The number of carbonyl (C=O) groups excluding carboxylic acids is 1. The molecule has 0 radical (unpaired) electrons. The minimum Gasteiger partial charge on any atom is -0.383 e. The van der Waals surface area contributed by atoms with Gasteiger partial charge in [0.1, 0.15) is 5.82 Å². The van der Waals surface area contributed by atoms with Crippen molar-refractivity contribution in [1.82, 2.24) is 9.55 Å². The molecule has 1 N–H and O–H groups in total. The van der Waals surface area contributed by atoms with E-state index in [2.05, 4.69) is 33.2 Å². The zero-order valence-electron chi connectivity index (χ0n) is 13.7. The van der Waals surface area contributed by atoms with Gasteiger partial charge in [0.25, 0.3) is 0 Å². The molecule has 5 nitrogen and oxygen atoms in total. The summed E-state index contributed by atoms with van der Waals surface area (Å²) >= 11 is 0. The lowest BCUT2D eigenvalue weighted by atomic mass is 10.1. The van der Waals surface area contributed by atoms with Crippen LogP contribution in [-0.4, -0.2) is 29.2 Å². The van der Waals surface area contributed by atoms with Crippen LogP contribution in [0.3, 0.4) is 0 Å². The van der Waals surface area contributed by atoms with Crippen molar-refractivity contribution in [3.63, 3.8) is 0 Å². The van der Waals surface area contributed by atoms with Crippen LogP contribution in [0.2, 0.25) is 0 Å². The Morgan fingerprint density at radius 1 is 1.21 bits per heavy atom. The molecule has 0 spiro atoms. The number of benzene rings is 1. The number of fused-ring (bicyclic) bond motifs is 1. The van der Waals surface area contributed by atoms with Crippen molar-refractivity contribution in [1.29, 1.82) is 0 Å². The zero-order chi connectivity index (χ0) is 16.8. The molecule has 0 fully saturated rings. The van der Waals surface area contributed by atoms with Crippen molar-refractivity contribution in [2.45, 2.75) is 19.4 Å². The van der Waals surface area contributed by atoms with E-state index in [1.807, 2.05) is 24.3 Å². The van der Waals surface area contributed by atoms with Crippen molar-refractivity contribution in [2.24, 2.45) is 0 Å². The molecule has 0 aliphatic rings. The number of rotatable bonds is 7. The van der Waals surface area contributed by atoms with Gasteiger partial charge < -0.3 is 14.6 Å². The smallest absolute Gasteiger partial charge is 0.225 e. The van der Waals surface area contributed by atoms with Gasteiger partial charge in [0.2, 0.25) is 5.91 Å². The summed E-state index contributed by atoms with van der Waals surface area (Å²) in [5.74, 6) is 0.562. The predicted molar refractivity (Wildman–Crippen MR) is 95.0 cm³/mol. The highest BCUT2D eigenvalue weighted by Gasteiger charge is 2.10. The minimum atomic E-state index is -0.0255. The number of ether oxygens (including phenoxy) is 1. The van der Waals surface area contributed by atoms with E-state index in [0.29, 0.717) is 25.3 Å². The second kappa shape index (κ2) is 7.75. The Morgan fingerprint density at radius 2 is 2.04 bits per heavy atom. The van der Waals surface area contributed by atoms with Crippen molar-refractivity contribution in [3.05, 3.63) is 60.4 Å². The Balaban J connectivity index is 1.69. The van der Waals surface area contributed by atoms with Gasteiger partial charge >= 0.3 is 0 Å². The van der Waals surface area contributed by atoms with Crippen LogP contribution in [0.4, 0.5) is 5.82 Å². The number of hydrogen-bond donors (Lipinski definition) is 1. The van der Waals surface area contributed by atoms with Crippen molar-refractivity contribution in [2.75, 3.05) is 19.0 Å². The summed E-state index contributed by atoms with van der Waals surface area (Å²) in [7, 11) is 1.70. The number of hydrogen-bond acceptors (Lipinski definition) is 3. The molecule has 124 valence electrons. The number of nitrogens with one attached hydrogen (secondary N) is 1. The largest absolute Gasteiger partial charge is 0.383 e. The third-order valence-electron chi connectivity index (χ3n) is 3.96. The van der Waals surface area contributed by atoms with Crippen LogP contribution in [0.15, 0.2) is 54.9 Å². The summed E-state index contributed by atoms with van der Waals surface area (Å²) in [6.45, 7) is 1.47. The molecule has 0 aliphatic carbocycles. The fourth-order valence-electron chi connectivity index (χ4n) is 2.79. The molecule has 2 heterocycles. The average Bonchev–Trinajstić information content (AvgIpc) is 2.97. The van der Waals surface area contributed by atoms with Gasteiger partial charge in [-0.1, -0.05) is 24.3 Å². The van der Waals surface area contributed by atoms with Crippen LogP contribution >= 0.6 is 0 Å². The Labute approximate surface area is 141 Å². The van der Waals surface area contributed by atoms with Gasteiger partial charge in [-0.3, -0.25) is 4.79 Å². The Kier molecular flexibility index (Phi) is 5.23. The molecule has 1 aromatic carbocycles. The fraction of sp³-hybridized carbons (Fsp3) is 0.263. The summed E-state index contributed by atoms with van der Waals surface area (Å²) < 4.78 is 7.36. The summed E-state index contributed by atoms with van der Waals surface area (Å²) in [6.07, 6.45) is 4.91. The van der Waals surface area contributed by atoms with Crippen LogP contribution in [0.5, 0.6) is 0 Å². The van der Waals surface area contributed by atoms with E-state index in [0.717, 1.165) is 6.54 Å². The molecule has 2 aromatic heterocycles. The van der Waals surface area contributed by atoms with Gasteiger partial charge in [0.15, 0.2) is 0 Å². The Hall–Kier alpha value is -2.66. The lowest BCUT2D eigenvalue weighted by Crippen LogP contribution is -2.13. The summed E-state index contributed by atoms with van der Waals surface area (Å²) in [6, 6.07) is 13.7. The van der Waals surface area contributed by atoms with E-state index in [-0.39, 0.29) is 5.91 Å². The molecule has 5 heteroatoms.